The number of hydrogen-bond acceptors (Lipinski definition) is 17. The van der Waals surface area contributed by atoms with Gasteiger partial charge in [-0.15, -0.1) is 0 Å². The Labute approximate surface area is 462 Å². The molecule has 2 aromatic rings. The minimum atomic E-state index is -1.76. The quantitative estimate of drug-likeness (QED) is 0.0549. The number of aromatic nitrogens is 1. The van der Waals surface area contributed by atoms with Crippen LogP contribution in [0.25, 0.3) is 10.9 Å². The van der Waals surface area contributed by atoms with Gasteiger partial charge in [0.25, 0.3) is 0 Å². The third-order valence-corrected chi connectivity index (χ3v) is 14.6. The number of primary amides is 2. The van der Waals surface area contributed by atoms with Crippen LogP contribution in [0.2, 0.25) is 0 Å². The first kappa shape index (κ1) is 66.2. The fourth-order valence-corrected chi connectivity index (χ4v) is 10.2. The van der Waals surface area contributed by atoms with E-state index in [0.29, 0.717) is 35.9 Å². The first-order valence-corrected chi connectivity index (χ1v) is 27.9. The Morgan fingerprint density at radius 1 is 0.658 bits per heavy atom. The number of aliphatic hydroxyl groups excluding tert-OH is 2. The van der Waals surface area contributed by atoms with Crippen molar-refractivity contribution < 1.29 is 78.6 Å². The average molecular weight is 1150 g/mol. The van der Waals surface area contributed by atoms with Crippen molar-refractivity contribution in [2.24, 2.45) is 23.1 Å². The second-order valence-electron chi connectivity index (χ2n) is 19.3. The standard InChI is InChI=1S/C48H74N14O15S2/c1-22(2)15-31-46(75)62-39(24(4)64)48(77)60-34(40(52)69)21-79-78-20-27(50)41(70)61-38(23(3)63)47(76)59-32(16-25-18-53-28-10-6-5-9-26(25)28)44(73)57-30(12-13-37(67)68)42(71)54-19-36(66)55-33(17-35(51)65)45(74)56-29(43(72)58-31)11-7-8-14-49/h5-6,9-10,18,22-24,27,29-34,38-39,53,63-64H,7-8,11-17,19-21,49-50H2,1-4H3,(H2,51,65)(H2,52,69)(H,54,71)(H,55,66)(H,56,74)(H,57,73)(H,58,72)(H,59,76)(H,60,77)(H,61,70)(H,62,75)(H,67,68)/p+1/t23-,24-,27+,29+,30+,31+,32+,33+,34+,38+,39+/m1/s1. The van der Waals surface area contributed by atoms with Gasteiger partial charge in [-0.25, -0.2) is 0 Å². The fraction of sp³-hybridized carbons (Fsp3) is 0.583. The number of quaternary nitrogens is 1. The number of aromatic amines is 1. The molecule has 0 saturated carbocycles. The smallest absolute Gasteiger partial charge is 0.303 e. The molecule has 1 fully saturated rings. The van der Waals surface area contributed by atoms with Crippen LogP contribution in [0.3, 0.4) is 0 Å². The van der Waals surface area contributed by atoms with Gasteiger partial charge in [0.15, 0.2) is 0 Å². The maximum Gasteiger partial charge on any atom is 0.303 e. The predicted octanol–water partition coefficient (Wildman–Crippen LogP) is -6.13. The Morgan fingerprint density at radius 3 is 1.80 bits per heavy atom. The van der Waals surface area contributed by atoms with E-state index in [-0.39, 0.29) is 36.7 Å². The van der Waals surface area contributed by atoms with E-state index in [2.05, 4.69) is 58.6 Å². The highest BCUT2D eigenvalue weighted by atomic mass is 33.1. The molecule has 438 valence electrons. The summed E-state index contributed by atoms with van der Waals surface area (Å²) >= 11 is 0. The first-order valence-electron chi connectivity index (χ1n) is 25.4. The van der Waals surface area contributed by atoms with Gasteiger partial charge in [0.1, 0.15) is 48.3 Å². The molecule has 3 rings (SSSR count). The molecule has 1 aliphatic heterocycles. The normalized spacial score (nSPS) is 25.5. The molecule has 0 bridgehead atoms. The largest absolute Gasteiger partial charge is 0.481 e. The number of carbonyl (C=O) groups is 12. The molecule has 11 amide bonds. The molecular weight excluding hydrogens is 1080 g/mol. The molecule has 22 N–H and O–H groups in total. The van der Waals surface area contributed by atoms with Gasteiger partial charge in [-0.2, -0.15) is 0 Å². The maximum absolute atomic E-state index is 14.3. The number of fused-ring (bicyclic) bond motifs is 1. The van der Waals surface area contributed by atoms with Crippen LogP contribution in [0, 0.1) is 5.92 Å². The number of aliphatic hydroxyl groups is 2. The Bertz CT molecular complexity index is 2500. The molecule has 0 aliphatic carbocycles. The molecule has 11 atom stereocenters. The minimum absolute atomic E-state index is 0.0331. The molecule has 1 aromatic heterocycles. The van der Waals surface area contributed by atoms with Crippen molar-refractivity contribution in [1.82, 2.24) is 52.8 Å². The molecule has 0 unspecified atom stereocenters. The van der Waals surface area contributed by atoms with Crippen molar-refractivity contribution in [2.75, 3.05) is 24.6 Å². The number of nitrogens with one attached hydrogen (secondary N) is 10. The van der Waals surface area contributed by atoms with E-state index in [1.165, 1.54) is 13.8 Å². The van der Waals surface area contributed by atoms with E-state index in [9.17, 15) is 72.9 Å². The predicted molar refractivity (Wildman–Crippen MR) is 288 cm³/mol. The van der Waals surface area contributed by atoms with Crippen LogP contribution < -0.4 is 70.8 Å². The highest BCUT2D eigenvalue weighted by Crippen LogP contribution is 2.23. The average Bonchev–Trinajstić information content (AvgIpc) is 3.79. The summed E-state index contributed by atoms with van der Waals surface area (Å²) in [5.74, 6) is -13.4. The Kier molecular flexibility index (Phi) is 27.4. The number of H-pyrrole nitrogens is 1. The summed E-state index contributed by atoms with van der Waals surface area (Å²) in [6.07, 6.45) is -3.24. The number of carboxylic acid groups (broad SMARTS) is 1. The van der Waals surface area contributed by atoms with Gasteiger partial charge in [0, 0.05) is 41.4 Å². The van der Waals surface area contributed by atoms with Crippen LogP contribution in [0.15, 0.2) is 30.5 Å². The van der Waals surface area contributed by atoms with Crippen molar-refractivity contribution in [1.29, 1.82) is 0 Å². The first-order chi connectivity index (χ1) is 37.2. The van der Waals surface area contributed by atoms with Crippen LogP contribution in [-0.2, 0) is 64.0 Å². The molecule has 1 aromatic carbocycles. The zero-order valence-electron chi connectivity index (χ0n) is 44.3. The SMILES string of the molecule is CC(C)C[C@@H]1NC(=O)[C@H](CCCC[NH3+])NC(=O)[C@H](CC(N)=O)NC(=O)CNC(=O)[C@H](CCC(=O)O)NC(=O)[C@H](Cc2c[nH]c3ccccc23)NC(=O)[C@H]([C@@H](C)O)NC(=O)[C@@H](N)CSSC[C@@H](C(N)=O)NC(=O)[C@H]([C@@H](C)O)NC1=O. The second-order valence-corrected chi connectivity index (χ2v) is 21.9. The van der Waals surface area contributed by atoms with Crippen LogP contribution in [0.4, 0.5) is 0 Å². The lowest BCUT2D eigenvalue weighted by Crippen LogP contribution is -2.61. The Morgan fingerprint density at radius 2 is 1.20 bits per heavy atom. The molecule has 2 heterocycles. The summed E-state index contributed by atoms with van der Waals surface area (Å²) in [5, 5.41) is 53.3. The van der Waals surface area contributed by atoms with Crippen LogP contribution in [-0.4, -0.2) is 182 Å². The molecule has 1 saturated heterocycles. The summed E-state index contributed by atoms with van der Waals surface area (Å²) in [5.41, 5.74) is 22.1. The number of para-hydroxylation sites is 1. The summed E-state index contributed by atoms with van der Waals surface area (Å²) < 4.78 is 0. The van der Waals surface area contributed by atoms with Crippen molar-refractivity contribution >= 4 is 103 Å². The minimum Gasteiger partial charge on any atom is -0.481 e. The van der Waals surface area contributed by atoms with E-state index >= 15 is 0 Å². The second kappa shape index (κ2) is 32.7. The van der Waals surface area contributed by atoms with Gasteiger partial charge in [-0.1, -0.05) is 53.6 Å². The zero-order chi connectivity index (χ0) is 59.1. The van der Waals surface area contributed by atoms with Crippen molar-refractivity contribution in [3.63, 3.8) is 0 Å². The summed E-state index contributed by atoms with van der Waals surface area (Å²) in [6, 6.07) is -7.18. The molecule has 0 spiro atoms. The van der Waals surface area contributed by atoms with E-state index in [4.69, 9.17) is 17.2 Å². The monoisotopic (exact) mass is 1150 g/mol. The lowest BCUT2D eigenvalue weighted by atomic mass is 10.0. The van der Waals surface area contributed by atoms with E-state index in [0.717, 1.165) is 21.6 Å². The number of benzene rings is 1. The third kappa shape index (κ3) is 22.3. The molecular formula is C48H75N14O15S2+. The highest BCUT2D eigenvalue weighted by Gasteiger charge is 2.37. The number of carbonyl (C=O) groups excluding carboxylic acids is 11. The zero-order valence-corrected chi connectivity index (χ0v) is 45.9. The van der Waals surface area contributed by atoms with Gasteiger partial charge in [-0.05, 0) is 63.5 Å². The molecule has 0 radical (unpaired) electrons. The molecule has 29 nitrogen and oxygen atoms in total. The lowest BCUT2D eigenvalue weighted by Gasteiger charge is -2.28. The van der Waals surface area contributed by atoms with E-state index in [1.807, 2.05) is 0 Å². The van der Waals surface area contributed by atoms with Crippen LogP contribution in [0.1, 0.15) is 78.2 Å². The maximum atomic E-state index is 14.3. The molecule has 31 heteroatoms. The number of amides is 11. The Hall–Kier alpha value is -7.06. The van der Waals surface area contributed by atoms with Gasteiger partial charge >= 0.3 is 5.97 Å². The molecule has 1 aliphatic rings. The number of nitrogens with two attached hydrogens (primary N) is 3. The number of hydrogen-bond donors (Lipinski definition) is 17. The number of rotatable bonds is 16. The van der Waals surface area contributed by atoms with Crippen molar-refractivity contribution in [3.8, 4) is 0 Å². The number of aliphatic carboxylic acids is 1. The molecule has 79 heavy (non-hydrogen) atoms. The Balaban J connectivity index is 2.09. The van der Waals surface area contributed by atoms with Gasteiger partial charge in [0.2, 0.25) is 65.0 Å². The topological polar surface area (TPSA) is 495 Å². The summed E-state index contributed by atoms with van der Waals surface area (Å²) in [7, 11) is 1.90. The van der Waals surface area contributed by atoms with Gasteiger partial charge < -0.3 is 91.1 Å². The van der Waals surface area contributed by atoms with Crippen LogP contribution >= 0.6 is 21.6 Å². The van der Waals surface area contributed by atoms with Crippen LogP contribution in [0.5, 0.6) is 0 Å². The summed E-state index contributed by atoms with van der Waals surface area (Å²) in [4.78, 5) is 164. The summed E-state index contributed by atoms with van der Waals surface area (Å²) in [6.45, 7) is 5.31. The fourth-order valence-electron chi connectivity index (χ4n) is 7.88. The van der Waals surface area contributed by atoms with E-state index in [1.54, 1.807) is 44.3 Å². The van der Waals surface area contributed by atoms with Crippen molar-refractivity contribution in [2.45, 2.75) is 146 Å². The van der Waals surface area contributed by atoms with E-state index < -0.39 is 163 Å². The van der Waals surface area contributed by atoms with Gasteiger partial charge in [0.05, 0.1) is 37.8 Å². The lowest BCUT2D eigenvalue weighted by molar-refractivity contribution is -0.368. The van der Waals surface area contributed by atoms with Gasteiger partial charge in [-0.3, -0.25) is 57.5 Å². The number of unbranched alkanes of at least 4 members (excludes halogenated alkanes) is 1. The highest BCUT2D eigenvalue weighted by molar-refractivity contribution is 8.76. The van der Waals surface area contributed by atoms with Crippen molar-refractivity contribution in [3.05, 3.63) is 36.0 Å². The third-order valence-electron chi connectivity index (χ3n) is 12.1. The number of carboxylic acids is 1.